The minimum atomic E-state index is -0.0835. The van der Waals surface area contributed by atoms with Gasteiger partial charge >= 0.3 is 0 Å². The number of ether oxygens (including phenoxy) is 1. The summed E-state index contributed by atoms with van der Waals surface area (Å²) in [5, 5.41) is 17.0. The predicted molar refractivity (Wildman–Crippen MR) is 143 cm³/mol. The molecule has 184 valence electrons. The van der Waals surface area contributed by atoms with Gasteiger partial charge in [-0.05, 0) is 60.9 Å². The van der Waals surface area contributed by atoms with Crippen molar-refractivity contribution in [2.45, 2.75) is 38.3 Å². The van der Waals surface area contributed by atoms with Crippen LogP contribution in [0.25, 0.3) is 22.4 Å². The van der Waals surface area contributed by atoms with Gasteiger partial charge in [-0.15, -0.1) is 10.2 Å². The molecule has 0 fully saturated rings. The highest BCUT2D eigenvalue weighted by Crippen LogP contribution is 2.26. The van der Waals surface area contributed by atoms with Gasteiger partial charge in [0.1, 0.15) is 11.3 Å². The Hall–Kier alpha value is -3.85. The number of carbonyl (C=O) groups is 1. The number of unbranched alkanes of at least 4 members (excludes halogenated alkanes) is 1. The molecule has 5 rings (SSSR count). The fourth-order valence-electron chi connectivity index (χ4n) is 3.88. The quantitative estimate of drug-likeness (QED) is 0.201. The van der Waals surface area contributed by atoms with Crippen molar-refractivity contribution in [1.29, 1.82) is 0 Å². The van der Waals surface area contributed by atoms with E-state index in [1.165, 1.54) is 17.3 Å². The maximum atomic E-state index is 12.5. The molecule has 0 radical (unpaired) electrons. The van der Waals surface area contributed by atoms with Crippen LogP contribution in [0.5, 0.6) is 5.75 Å². The first-order chi connectivity index (χ1) is 17.6. The van der Waals surface area contributed by atoms with Gasteiger partial charge in [0, 0.05) is 23.6 Å². The van der Waals surface area contributed by atoms with E-state index < -0.39 is 0 Å². The highest BCUT2D eigenvalue weighted by Gasteiger charge is 2.14. The van der Waals surface area contributed by atoms with Crippen LogP contribution < -0.4 is 10.1 Å². The monoisotopic (exact) mass is 500 g/mol. The highest BCUT2D eigenvalue weighted by molar-refractivity contribution is 7.99. The van der Waals surface area contributed by atoms with Gasteiger partial charge in [0.15, 0.2) is 10.8 Å². The molecule has 0 saturated heterocycles. The first-order valence-corrected chi connectivity index (χ1v) is 13.1. The Balaban J connectivity index is 1.29. The summed E-state index contributed by atoms with van der Waals surface area (Å²) in [7, 11) is 0. The number of amides is 1. The average molecular weight is 501 g/mol. The lowest BCUT2D eigenvalue weighted by molar-refractivity contribution is -0.113. The molecule has 1 N–H and O–H groups in total. The molecule has 2 aromatic carbocycles. The van der Waals surface area contributed by atoms with E-state index in [2.05, 4.69) is 29.4 Å². The van der Waals surface area contributed by atoms with Crippen molar-refractivity contribution in [1.82, 2.24) is 24.2 Å². The third-order valence-corrected chi connectivity index (χ3v) is 6.80. The number of rotatable bonds is 10. The normalized spacial score (nSPS) is 11.3. The summed E-state index contributed by atoms with van der Waals surface area (Å²) in [6, 6.07) is 17.9. The van der Waals surface area contributed by atoms with Gasteiger partial charge in [0.2, 0.25) is 5.91 Å². The lowest BCUT2D eigenvalue weighted by Crippen LogP contribution is -2.14. The summed E-state index contributed by atoms with van der Waals surface area (Å²) in [4.78, 5) is 12.5. The van der Waals surface area contributed by atoms with Gasteiger partial charge in [-0.2, -0.15) is 5.10 Å². The Labute approximate surface area is 213 Å². The Kier molecular flexibility index (Phi) is 7.18. The second-order valence-corrected chi connectivity index (χ2v) is 9.39. The van der Waals surface area contributed by atoms with E-state index in [4.69, 9.17) is 9.84 Å². The topological polar surface area (TPSA) is 85.8 Å². The summed E-state index contributed by atoms with van der Waals surface area (Å²) < 4.78 is 9.45. The van der Waals surface area contributed by atoms with Gasteiger partial charge in [-0.25, -0.2) is 4.52 Å². The van der Waals surface area contributed by atoms with Crippen LogP contribution in [0.1, 0.15) is 32.3 Å². The summed E-state index contributed by atoms with van der Waals surface area (Å²) in [6.07, 6.45) is 6.82. The van der Waals surface area contributed by atoms with Crippen LogP contribution in [0.3, 0.4) is 0 Å². The van der Waals surface area contributed by atoms with Gasteiger partial charge in [-0.1, -0.05) is 44.2 Å². The molecule has 0 aliphatic heterocycles. The van der Waals surface area contributed by atoms with Crippen LogP contribution in [0.4, 0.5) is 5.69 Å². The maximum absolute atomic E-state index is 12.5. The van der Waals surface area contributed by atoms with E-state index >= 15 is 0 Å². The van der Waals surface area contributed by atoms with Crippen LogP contribution >= 0.6 is 11.8 Å². The largest absolute Gasteiger partial charge is 0.494 e. The van der Waals surface area contributed by atoms with E-state index in [0.717, 1.165) is 54.1 Å². The van der Waals surface area contributed by atoms with Crippen molar-refractivity contribution in [2.75, 3.05) is 17.7 Å². The molecule has 0 bridgehead atoms. The molecular formula is C27H28N6O2S. The Bertz CT molecular complexity index is 1490. The number of fused-ring (bicyclic) bond motifs is 3. The third kappa shape index (κ3) is 5.21. The van der Waals surface area contributed by atoms with Crippen LogP contribution in [0.15, 0.2) is 72.1 Å². The van der Waals surface area contributed by atoms with Crippen LogP contribution in [-0.2, 0) is 11.2 Å². The molecule has 0 aliphatic rings. The van der Waals surface area contributed by atoms with E-state index in [1.807, 2.05) is 71.4 Å². The Morgan fingerprint density at radius 1 is 1.06 bits per heavy atom. The Morgan fingerprint density at radius 2 is 1.92 bits per heavy atom. The molecule has 5 aromatic rings. The molecule has 9 heteroatoms. The number of carbonyl (C=O) groups excluding carboxylic acids is 1. The smallest absolute Gasteiger partial charge is 0.234 e. The fraction of sp³-hybridized carbons (Fsp3) is 0.259. The van der Waals surface area contributed by atoms with Crippen LogP contribution in [0.2, 0.25) is 0 Å². The molecule has 3 aromatic heterocycles. The minimum absolute atomic E-state index is 0.0835. The number of thioether (sulfide) groups is 1. The van der Waals surface area contributed by atoms with Crippen LogP contribution in [0, 0.1) is 0 Å². The van der Waals surface area contributed by atoms with Gasteiger partial charge in [-0.3, -0.25) is 9.20 Å². The van der Waals surface area contributed by atoms with Crippen molar-refractivity contribution in [3.63, 3.8) is 0 Å². The zero-order chi connectivity index (χ0) is 24.9. The first-order valence-electron chi connectivity index (χ1n) is 12.1. The van der Waals surface area contributed by atoms with Crippen molar-refractivity contribution in [2.24, 2.45) is 0 Å². The SMILES string of the molecule is CCCCOc1ccc(-c2cc3c4nnc(SCC(=O)Nc5cccc(CC)c5)n4ccn3n2)cc1. The zero-order valence-corrected chi connectivity index (χ0v) is 21.2. The van der Waals surface area contributed by atoms with E-state index in [1.54, 1.807) is 4.52 Å². The fourth-order valence-corrected chi connectivity index (χ4v) is 4.60. The molecule has 1 amide bonds. The second kappa shape index (κ2) is 10.8. The van der Waals surface area contributed by atoms with E-state index in [-0.39, 0.29) is 11.7 Å². The molecule has 3 heterocycles. The number of aromatic nitrogens is 5. The van der Waals surface area contributed by atoms with Crippen molar-refractivity contribution >= 4 is 34.5 Å². The number of hydrogen-bond donors (Lipinski definition) is 1. The summed E-state index contributed by atoms with van der Waals surface area (Å²) in [5.74, 6) is 1.01. The number of aryl methyl sites for hydroxylation is 1. The predicted octanol–water partition coefficient (Wildman–Crippen LogP) is 5.52. The number of nitrogens with one attached hydrogen (secondary N) is 1. The summed E-state index contributed by atoms with van der Waals surface area (Å²) in [5.41, 5.74) is 5.36. The molecular weight excluding hydrogens is 472 g/mol. The zero-order valence-electron chi connectivity index (χ0n) is 20.3. The number of anilines is 1. The Morgan fingerprint density at radius 3 is 2.72 bits per heavy atom. The lowest BCUT2D eigenvalue weighted by atomic mass is 10.1. The first kappa shape index (κ1) is 23.9. The highest BCUT2D eigenvalue weighted by atomic mass is 32.2. The van der Waals surface area contributed by atoms with Crippen LogP contribution in [-0.4, -0.2) is 42.5 Å². The number of nitrogens with zero attached hydrogens (tertiary/aromatic N) is 5. The molecule has 0 spiro atoms. The van der Waals surface area contributed by atoms with Gasteiger partial charge in [0.25, 0.3) is 0 Å². The number of benzene rings is 2. The third-order valence-electron chi connectivity index (χ3n) is 5.85. The molecule has 8 nitrogen and oxygen atoms in total. The molecule has 36 heavy (non-hydrogen) atoms. The van der Waals surface area contributed by atoms with Gasteiger partial charge < -0.3 is 10.1 Å². The second-order valence-electron chi connectivity index (χ2n) is 8.45. The minimum Gasteiger partial charge on any atom is -0.494 e. The molecule has 0 atom stereocenters. The maximum Gasteiger partial charge on any atom is 0.234 e. The van der Waals surface area contributed by atoms with Crippen molar-refractivity contribution in [3.8, 4) is 17.0 Å². The molecule has 0 saturated carbocycles. The van der Waals surface area contributed by atoms with Crippen molar-refractivity contribution < 1.29 is 9.53 Å². The molecule has 0 unspecified atom stereocenters. The van der Waals surface area contributed by atoms with Crippen molar-refractivity contribution in [3.05, 3.63) is 72.6 Å². The lowest BCUT2D eigenvalue weighted by Gasteiger charge is -2.06. The van der Waals surface area contributed by atoms with E-state index in [0.29, 0.717) is 10.8 Å². The summed E-state index contributed by atoms with van der Waals surface area (Å²) >= 11 is 1.35. The number of hydrogen-bond acceptors (Lipinski definition) is 6. The standard InChI is InChI=1S/C27H28N6O2S/c1-3-5-15-35-22-11-9-20(10-12-22)23-17-24-26-29-30-27(32(26)13-14-33(24)31-23)36-18-25(34)28-21-8-6-7-19(4-2)16-21/h6-14,16-17H,3-5,15,18H2,1-2H3,(H,28,34). The van der Waals surface area contributed by atoms with Gasteiger partial charge in [0.05, 0.1) is 18.1 Å². The average Bonchev–Trinajstić information content (AvgIpc) is 3.52. The summed E-state index contributed by atoms with van der Waals surface area (Å²) in [6.45, 7) is 4.96. The van der Waals surface area contributed by atoms with E-state index in [9.17, 15) is 4.79 Å². The molecule has 0 aliphatic carbocycles.